The molecule has 0 bridgehead atoms. The van der Waals surface area contributed by atoms with Crippen molar-refractivity contribution in [2.45, 2.75) is 47.7 Å². The molecule has 2 N–H and O–H groups in total. The molecule has 2 amide bonds. The number of aryl methyl sites for hydroxylation is 1. The molecule has 0 radical (unpaired) electrons. The van der Waals surface area contributed by atoms with Crippen molar-refractivity contribution in [3.8, 4) is 16.9 Å². The van der Waals surface area contributed by atoms with Gasteiger partial charge in [-0.2, -0.15) is 0 Å². The first-order valence-electron chi connectivity index (χ1n) is 16.0. The molecular weight excluding hydrogens is 709 g/mol. The number of Topliss-reactive ketones (excluding diaryl/α,β-unsaturated/α-hetero) is 1. The number of methoxy groups -OCH3 is 1. The highest BCUT2D eigenvalue weighted by Crippen LogP contribution is 2.29. The highest BCUT2D eigenvalue weighted by molar-refractivity contribution is 7.98. The van der Waals surface area contributed by atoms with Crippen LogP contribution in [0.3, 0.4) is 0 Å². The van der Waals surface area contributed by atoms with Crippen molar-refractivity contribution in [2.75, 3.05) is 19.1 Å². The minimum absolute atomic E-state index is 0.0168. The van der Waals surface area contributed by atoms with E-state index < -0.39 is 37.4 Å². The fourth-order valence-corrected chi connectivity index (χ4v) is 8.45. The summed E-state index contributed by atoms with van der Waals surface area (Å²) in [4.78, 5) is 31.0. The van der Waals surface area contributed by atoms with Crippen LogP contribution in [-0.2, 0) is 39.4 Å². The molecule has 1 aromatic heterocycles. The van der Waals surface area contributed by atoms with Crippen molar-refractivity contribution in [3.63, 3.8) is 0 Å². The van der Waals surface area contributed by atoms with Crippen molar-refractivity contribution in [2.24, 2.45) is 0 Å². The van der Waals surface area contributed by atoms with Gasteiger partial charge in [-0.15, -0.1) is 11.8 Å². The molecule has 0 saturated heterocycles. The Morgan fingerprint density at radius 1 is 0.843 bits per heavy atom. The van der Waals surface area contributed by atoms with E-state index in [1.54, 1.807) is 41.2 Å². The second-order valence-corrected chi connectivity index (χ2v) is 16.0. The number of carbonyl (C=O) groups excluding carboxylic acids is 2. The zero-order valence-corrected chi connectivity index (χ0v) is 30.8. The Hall–Kier alpha value is -4.92. The van der Waals surface area contributed by atoms with Gasteiger partial charge in [-0.05, 0) is 59.7 Å². The number of aromatic nitrogens is 2. The third-order valence-electron chi connectivity index (χ3n) is 7.99. The Balaban J connectivity index is 1.38. The van der Waals surface area contributed by atoms with Crippen LogP contribution in [0.1, 0.15) is 40.8 Å². The van der Waals surface area contributed by atoms with E-state index in [2.05, 4.69) is 10.0 Å². The van der Waals surface area contributed by atoms with Crippen LogP contribution in [0.25, 0.3) is 11.1 Å². The van der Waals surface area contributed by atoms with Gasteiger partial charge in [0, 0.05) is 25.1 Å². The van der Waals surface area contributed by atoms with Crippen LogP contribution in [0, 0.1) is 0 Å². The number of amides is 2. The van der Waals surface area contributed by atoms with Crippen molar-refractivity contribution in [3.05, 3.63) is 126 Å². The van der Waals surface area contributed by atoms with E-state index in [0.717, 1.165) is 17.5 Å². The monoisotopic (exact) mass is 746 g/mol. The lowest BCUT2D eigenvalue weighted by molar-refractivity contribution is 0.100. The molecule has 5 aromatic rings. The highest BCUT2D eigenvalue weighted by atomic mass is 32.2. The van der Waals surface area contributed by atoms with Gasteiger partial charge in [0.05, 0.1) is 16.9 Å². The number of rotatable bonds is 15. The van der Waals surface area contributed by atoms with Crippen LogP contribution in [0.2, 0.25) is 0 Å². The van der Waals surface area contributed by atoms with Gasteiger partial charge in [0.25, 0.3) is 10.0 Å². The lowest BCUT2D eigenvalue weighted by atomic mass is 10.0. The number of ketones is 1. The number of sulfonamides is 1. The van der Waals surface area contributed by atoms with Crippen LogP contribution in [0.4, 0.5) is 4.79 Å². The summed E-state index contributed by atoms with van der Waals surface area (Å²) in [6, 6.07) is 27.7. The predicted molar refractivity (Wildman–Crippen MR) is 197 cm³/mol. The highest BCUT2D eigenvalue weighted by Gasteiger charge is 2.28. The maximum Gasteiger partial charge on any atom is 0.328 e. The number of benzene rings is 4. The zero-order chi connectivity index (χ0) is 36.6. The molecule has 0 aliphatic rings. The van der Waals surface area contributed by atoms with Crippen LogP contribution in [0.5, 0.6) is 5.75 Å². The first kappa shape index (κ1) is 37.3. The van der Waals surface area contributed by atoms with E-state index in [4.69, 9.17) is 9.72 Å². The minimum atomic E-state index is -4.24. The molecule has 4 aromatic carbocycles. The summed E-state index contributed by atoms with van der Waals surface area (Å²) in [5.41, 5.74) is 2.82. The van der Waals surface area contributed by atoms with Crippen LogP contribution >= 0.6 is 11.8 Å². The summed E-state index contributed by atoms with van der Waals surface area (Å²) in [6.07, 6.45) is 3.12. The number of nitrogens with one attached hydrogen (secondary N) is 2. The summed E-state index contributed by atoms with van der Waals surface area (Å²) in [5, 5.41) is 3.02. The quantitative estimate of drug-likeness (QED) is 0.0952. The molecule has 1 heterocycles. The number of nitrogens with zero attached hydrogens (tertiary/aromatic N) is 2. The minimum Gasteiger partial charge on any atom is -0.497 e. The third kappa shape index (κ3) is 9.06. The van der Waals surface area contributed by atoms with Gasteiger partial charge in [-0.1, -0.05) is 79.7 Å². The largest absolute Gasteiger partial charge is 0.497 e. The van der Waals surface area contributed by atoms with Gasteiger partial charge >= 0.3 is 6.03 Å². The Bertz CT molecular complexity index is 2220. The molecule has 51 heavy (non-hydrogen) atoms. The first-order chi connectivity index (χ1) is 24.5. The van der Waals surface area contributed by atoms with Crippen molar-refractivity contribution in [1.29, 1.82) is 0 Å². The Morgan fingerprint density at radius 3 is 2.16 bits per heavy atom. The Labute approximate surface area is 302 Å². The van der Waals surface area contributed by atoms with E-state index in [0.29, 0.717) is 34.1 Å². The Kier molecular flexibility index (Phi) is 12.0. The van der Waals surface area contributed by atoms with Crippen molar-refractivity contribution < 1.29 is 31.2 Å². The second-order valence-electron chi connectivity index (χ2n) is 11.5. The molecule has 0 atom stereocenters. The average Bonchev–Trinajstić information content (AvgIpc) is 3.48. The van der Waals surface area contributed by atoms with Gasteiger partial charge in [0.1, 0.15) is 28.0 Å². The van der Waals surface area contributed by atoms with Gasteiger partial charge in [0.2, 0.25) is 0 Å². The lowest BCUT2D eigenvalue weighted by Crippen LogP contribution is -2.39. The first-order valence-corrected chi connectivity index (χ1v) is 20.4. The van der Waals surface area contributed by atoms with Crippen molar-refractivity contribution in [1.82, 2.24) is 19.6 Å². The van der Waals surface area contributed by atoms with E-state index in [1.807, 2.05) is 49.4 Å². The molecule has 0 saturated carbocycles. The standard InChI is InChI=1S/C37H38N4O7S3/c1-4-10-34-39-36(49-3)35(32(42)25-50(44,45)30-21-19-29(48-2)20-22-30)41(34)24-27-15-17-28(18-16-27)31-13-8-9-14-33(31)51(46,47)40-37(43)38-23-26-11-6-5-7-12-26/h5-9,11-22H,4,10,23-25H2,1-3H3,(H2,38,40,43). The summed E-state index contributed by atoms with van der Waals surface area (Å²) in [5.74, 6) is -0.139. The van der Waals surface area contributed by atoms with Gasteiger partial charge < -0.3 is 14.6 Å². The number of thioether (sulfide) groups is 1. The van der Waals surface area contributed by atoms with Crippen LogP contribution in [0.15, 0.2) is 118 Å². The SMILES string of the molecule is CCCc1nc(SC)c(C(=O)CS(=O)(=O)c2ccc(OC)cc2)n1Cc1ccc(-c2ccccc2S(=O)(=O)NC(=O)NCc2ccccc2)cc1. The predicted octanol–water partition coefficient (Wildman–Crippen LogP) is 6.13. The molecule has 11 nitrogen and oxygen atoms in total. The van der Waals surface area contributed by atoms with Crippen LogP contribution in [-0.4, -0.2) is 57.3 Å². The summed E-state index contributed by atoms with van der Waals surface area (Å²) in [6.45, 7) is 2.39. The van der Waals surface area contributed by atoms with E-state index >= 15 is 0 Å². The van der Waals surface area contributed by atoms with Gasteiger partial charge in [-0.25, -0.2) is 31.3 Å². The summed E-state index contributed by atoms with van der Waals surface area (Å²) >= 11 is 1.28. The smallest absolute Gasteiger partial charge is 0.328 e. The van der Waals surface area contributed by atoms with E-state index in [1.165, 1.54) is 49.2 Å². The normalized spacial score (nSPS) is 11.6. The van der Waals surface area contributed by atoms with Crippen molar-refractivity contribution >= 4 is 43.4 Å². The molecule has 14 heteroatoms. The maximum atomic E-state index is 13.8. The second kappa shape index (κ2) is 16.4. The zero-order valence-electron chi connectivity index (χ0n) is 28.3. The number of hydrogen-bond acceptors (Lipinski definition) is 9. The molecule has 0 unspecified atom stereocenters. The summed E-state index contributed by atoms with van der Waals surface area (Å²) in [7, 11) is -6.71. The molecule has 0 aliphatic heterocycles. The third-order valence-corrected chi connectivity index (χ3v) is 11.7. The molecule has 0 spiro atoms. The maximum absolute atomic E-state index is 13.8. The number of carbonyl (C=O) groups is 2. The van der Waals surface area contributed by atoms with E-state index in [9.17, 15) is 26.4 Å². The fraction of sp³-hybridized carbons (Fsp3) is 0.216. The topological polar surface area (TPSA) is 154 Å². The fourth-order valence-electron chi connectivity index (χ4n) is 5.48. The number of imidazole rings is 1. The Morgan fingerprint density at radius 2 is 1.51 bits per heavy atom. The average molecular weight is 747 g/mol. The van der Waals surface area contributed by atoms with Gasteiger partial charge in [-0.3, -0.25) is 4.79 Å². The van der Waals surface area contributed by atoms with E-state index in [-0.39, 0.29) is 28.6 Å². The van der Waals surface area contributed by atoms with Crippen LogP contribution < -0.4 is 14.8 Å². The molecule has 5 rings (SSSR count). The summed E-state index contributed by atoms with van der Waals surface area (Å²) < 4.78 is 62.2. The number of urea groups is 1. The molecule has 266 valence electrons. The molecule has 0 aliphatic carbocycles. The van der Waals surface area contributed by atoms with Gasteiger partial charge in [0.15, 0.2) is 15.6 Å². The number of sulfone groups is 1. The molecular formula is C37H38N4O7S3. The molecule has 0 fully saturated rings. The number of ether oxygens (including phenoxy) is 1. The lowest BCUT2D eigenvalue weighted by Gasteiger charge is -2.14. The number of hydrogen-bond donors (Lipinski definition) is 2.